The number of amides is 12. The van der Waals surface area contributed by atoms with Crippen molar-refractivity contribution in [3.8, 4) is 0 Å². The van der Waals surface area contributed by atoms with Gasteiger partial charge >= 0.3 is 0 Å². The third kappa shape index (κ3) is 33.1. The Balaban J connectivity index is 1.12. The van der Waals surface area contributed by atoms with Crippen molar-refractivity contribution in [2.75, 3.05) is 131 Å². The van der Waals surface area contributed by atoms with Crippen LogP contribution in [0, 0.1) is 0 Å². The highest BCUT2D eigenvalue weighted by Gasteiger charge is 2.40. The van der Waals surface area contributed by atoms with Gasteiger partial charge in [-0.2, -0.15) is 0 Å². The number of benzene rings is 8. The van der Waals surface area contributed by atoms with Crippen LogP contribution in [0.15, 0.2) is 231 Å². The van der Waals surface area contributed by atoms with Crippen LogP contribution in [0.1, 0.15) is 200 Å². The Hall–Kier alpha value is -12.2. The maximum atomic E-state index is 16.1. The standard InChI is InChI=1S/C104H137Cl2N17O12/c1-75(83-35-15-9-16-36-83)118(102(133)71-117(94(125)63-112-59-31-27-55-107)82(8)90-49-53-92(106)54-50-90)68-95(126)114(61-33-29-57-109)66-99(130)122(79(5)87-43-23-13-24-44-87)73-104(135)120(77(3)85-39-19-11-20-40-85)70-97(128)115(62-34-30-58-110)67-100(131)123(80(6)88-45-25-14-26-46-88)74-103(134)119(76(2)84-37-17-10-18-38-84)69-96(127)113(60-32-28-56-108)65-98(129)121(78(4)86-41-21-12-22-42-86)72-101(132)116(64-93(111)124)81(7)89-47-51-91(105)52-48-89/h9-26,35-54,75-82,112H,27-34,55-74,107-110H2,1-8H3,(H2,111,124)/t75-,76-,77-,78-,79-,80-,81-,82-/m1/s1. The van der Waals surface area contributed by atoms with Gasteiger partial charge in [-0.1, -0.05) is 229 Å². The first-order valence-corrected chi connectivity index (χ1v) is 47.4. The third-order valence-corrected chi connectivity index (χ3v) is 25.4. The van der Waals surface area contributed by atoms with Gasteiger partial charge in [0.2, 0.25) is 70.9 Å². The minimum Gasteiger partial charge on any atom is -0.368 e. The Morgan fingerprint density at radius 2 is 0.422 bits per heavy atom. The first kappa shape index (κ1) is 108. The topological polar surface area (TPSA) is 383 Å². The maximum absolute atomic E-state index is 16.1. The number of hydrogen-bond donors (Lipinski definition) is 6. The predicted octanol–water partition coefficient (Wildman–Crippen LogP) is 11.5. The van der Waals surface area contributed by atoms with Gasteiger partial charge in [-0.05, 0) is 208 Å². The van der Waals surface area contributed by atoms with Crippen LogP contribution < -0.4 is 34.0 Å². The number of carbonyl (C=O) groups excluding carboxylic acids is 12. The van der Waals surface area contributed by atoms with E-state index in [4.69, 9.17) is 51.9 Å². The Labute approximate surface area is 805 Å². The first-order chi connectivity index (χ1) is 64.9. The number of halogens is 2. The summed E-state index contributed by atoms with van der Waals surface area (Å²) >= 11 is 12.6. The molecule has 0 fully saturated rings. The van der Waals surface area contributed by atoms with Gasteiger partial charge in [-0.25, -0.2) is 0 Å². The second-order valence-corrected chi connectivity index (χ2v) is 35.1. The molecule has 8 aromatic carbocycles. The van der Waals surface area contributed by atoms with Crippen molar-refractivity contribution in [1.82, 2.24) is 59.2 Å². The summed E-state index contributed by atoms with van der Waals surface area (Å²) in [6.07, 6.45) is 3.79. The fraction of sp³-hybridized carbons (Fsp3) is 0.423. The van der Waals surface area contributed by atoms with Crippen molar-refractivity contribution in [2.45, 2.75) is 155 Å². The minimum atomic E-state index is -0.864. The molecular weight excluding hydrogens is 1750 g/mol. The van der Waals surface area contributed by atoms with E-state index in [0.717, 1.165) is 12.8 Å². The molecule has 0 aromatic heterocycles. The molecule has 0 aliphatic carbocycles. The van der Waals surface area contributed by atoms with Gasteiger partial charge in [0.05, 0.1) is 81.1 Å². The molecule has 135 heavy (non-hydrogen) atoms. The monoisotopic (exact) mass is 1890 g/mol. The average molecular weight is 1890 g/mol. The predicted molar refractivity (Wildman–Crippen MR) is 528 cm³/mol. The molecular formula is C104H137Cl2N17O12. The van der Waals surface area contributed by atoms with E-state index in [-0.39, 0.29) is 51.7 Å². The molecule has 11 N–H and O–H groups in total. The fourth-order valence-corrected chi connectivity index (χ4v) is 16.6. The molecule has 0 spiro atoms. The lowest BCUT2D eigenvalue weighted by Crippen LogP contribution is -2.54. The Morgan fingerprint density at radius 3 is 0.637 bits per heavy atom. The van der Waals surface area contributed by atoms with Gasteiger partial charge in [0, 0.05) is 29.7 Å². The molecule has 8 aromatic rings. The number of nitrogens with zero attached hydrogens (tertiary/aromatic N) is 11. The van der Waals surface area contributed by atoms with Gasteiger partial charge < -0.3 is 87.9 Å². The lowest BCUT2D eigenvalue weighted by molar-refractivity contribution is -0.152. The van der Waals surface area contributed by atoms with Crippen LogP contribution in [0.2, 0.25) is 10.0 Å². The molecule has 0 heterocycles. The molecule has 0 unspecified atom stereocenters. The van der Waals surface area contributed by atoms with Crippen LogP contribution in [0.3, 0.4) is 0 Å². The summed E-state index contributed by atoms with van der Waals surface area (Å²) in [5.41, 5.74) is 35.1. The molecule has 0 aliphatic rings. The minimum absolute atomic E-state index is 0.000216. The molecule has 0 aliphatic heterocycles. The van der Waals surface area contributed by atoms with E-state index < -0.39 is 185 Å². The summed E-state index contributed by atoms with van der Waals surface area (Å²) in [4.78, 5) is 199. The largest absolute Gasteiger partial charge is 0.368 e. The van der Waals surface area contributed by atoms with Crippen molar-refractivity contribution in [1.29, 1.82) is 0 Å². The van der Waals surface area contributed by atoms with Gasteiger partial charge in [0.25, 0.3) is 0 Å². The van der Waals surface area contributed by atoms with E-state index in [1.54, 1.807) is 200 Å². The summed E-state index contributed by atoms with van der Waals surface area (Å²) in [6, 6.07) is 61.7. The SMILES string of the molecule is C[C@H](c1ccc(Cl)cc1)N(CC(N)=O)C(=O)CN(C(=O)CN(CCCCN)C(=O)CN(C(=O)CN(C(=O)CN(CCCCN)C(=O)CN(C(=O)CN(C(=O)CN(CCCCN)C(=O)CN(C(=O)CN(C(=O)CNCCCCN)[C@H](C)c1ccc(Cl)cc1)[C@H](C)c1ccccc1)[C@H](C)c1ccccc1)[C@H](C)c1ccccc1)[C@H](C)c1ccccc1)[C@H](C)c1ccccc1)[C@H](C)c1ccccc1. The second-order valence-electron chi connectivity index (χ2n) is 34.2. The Bertz CT molecular complexity index is 5020. The fourth-order valence-electron chi connectivity index (χ4n) is 16.4. The zero-order chi connectivity index (χ0) is 98.0. The zero-order valence-corrected chi connectivity index (χ0v) is 80.8. The van der Waals surface area contributed by atoms with E-state index in [2.05, 4.69) is 5.32 Å². The Morgan fingerprint density at radius 1 is 0.237 bits per heavy atom. The number of unbranched alkanes of at least 4 members (excludes halogenated alkanes) is 4. The number of nitrogens with one attached hydrogen (secondary N) is 1. The number of hydrogen-bond acceptors (Lipinski definition) is 17. The average Bonchev–Trinajstić information content (AvgIpc) is 0.826. The summed E-state index contributed by atoms with van der Waals surface area (Å²) in [5.74, 6) is -7.56. The number of rotatable bonds is 56. The lowest BCUT2D eigenvalue weighted by atomic mass is 10.0. The molecule has 31 heteroatoms. The molecule has 29 nitrogen and oxygen atoms in total. The maximum Gasteiger partial charge on any atom is 0.243 e. The first-order valence-electron chi connectivity index (χ1n) is 46.7. The Kier molecular flexibility index (Phi) is 45.0. The number of carbonyl (C=O) groups is 12. The highest BCUT2D eigenvalue weighted by Crippen LogP contribution is 2.32. The van der Waals surface area contributed by atoms with Crippen LogP contribution >= 0.6 is 23.2 Å². The van der Waals surface area contributed by atoms with Crippen molar-refractivity contribution >= 4 is 94.1 Å². The van der Waals surface area contributed by atoms with E-state index in [0.29, 0.717) is 106 Å². The highest BCUT2D eigenvalue weighted by molar-refractivity contribution is 6.30. The molecule has 0 radical (unpaired) electrons. The van der Waals surface area contributed by atoms with Crippen LogP contribution in [-0.2, 0) is 57.5 Å². The van der Waals surface area contributed by atoms with Gasteiger partial charge in [-0.3, -0.25) is 57.5 Å². The summed E-state index contributed by atoms with van der Waals surface area (Å²) in [7, 11) is 0. The highest BCUT2D eigenvalue weighted by atomic mass is 35.5. The van der Waals surface area contributed by atoms with Crippen LogP contribution in [0.4, 0.5) is 0 Å². The van der Waals surface area contributed by atoms with Crippen LogP contribution in [0.25, 0.3) is 0 Å². The number of nitrogens with two attached hydrogens (primary N) is 5. The molecule has 8 atom stereocenters. The van der Waals surface area contributed by atoms with Gasteiger partial charge in [-0.15, -0.1) is 0 Å². The van der Waals surface area contributed by atoms with Crippen molar-refractivity contribution in [3.05, 3.63) is 285 Å². The third-order valence-electron chi connectivity index (χ3n) is 24.9. The molecule has 0 bridgehead atoms. The smallest absolute Gasteiger partial charge is 0.243 e. The quantitative estimate of drug-likeness (QED) is 0.0193. The van der Waals surface area contributed by atoms with Gasteiger partial charge in [0.15, 0.2) is 0 Å². The lowest BCUT2D eigenvalue weighted by Gasteiger charge is -2.38. The molecule has 0 saturated carbocycles. The summed E-state index contributed by atoms with van der Waals surface area (Å²) < 4.78 is 0. The van der Waals surface area contributed by atoms with E-state index in [1.165, 1.54) is 53.9 Å². The van der Waals surface area contributed by atoms with Crippen molar-refractivity contribution in [2.24, 2.45) is 28.7 Å². The van der Waals surface area contributed by atoms with Gasteiger partial charge in [0.1, 0.15) is 45.8 Å². The second kappa shape index (κ2) is 56.2. The van der Waals surface area contributed by atoms with E-state index in [9.17, 15) is 14.4 Å². The molecule has 724 valence electrons. The van der Waals surface area contributed by atoms with E-state index >= 15 is 43.2 Å². The molecule has 12 amide bonds. The molecule has 0 saturated heterocycles. The summed E-state index contributed by atoms with van der Waals surface area (Å²) in [5, 5.41) is 4.14. The van der Waals surface area contributed by atoms with E-state index in [1.807, 2.05) is 85.8 Å². The van der Waals surface area contributed by atoms with Crippen LogP contribution in [0.5, 0.6) is 0 Å². The summed E-state index contributed by atoms with van der Waals surface area (Å²) in [6.45, 7) is 9.45. The van der Waals surface area contributed by atoms with Crippen LogP contribution in [-0.4, -0.2) is 256 Å². The van der Waals surface area contributed by atoms with Crippen molar-refractivity contribution in [3.63, 3.8) is 0 Å². The molecule has 8 rings (SSSR count). The zero-order valence-electron chi connectivity index (χ0n) is 79.3. The normalized spacial score (nSPS) is 12.9. The number of primary amides is 1. The van der Waals surface area contributed by atoms with Crippen molar-refractivity contribution < 1.29 is 57.5 Å².